The molecule has 0 aliphatic heterocycles. The van der Waals surface area contributed by atoms with Crippen LogP contribution in [0.25, 0.3) is 0 Å². The molecule has 0 aromatic carbocycles. The van der Waals surface area contributed by atoms with E-state index in [1.54, 1.807) is 11.1 Å². The molecule has 0 aromatic rings. The lowest BCUT2D eigenvalue weighted by Gasteiger charge is -2.32. The first-order chi connectivity index (χ1) is 30.9. The molecule has 13 atom stereocenters. The molecule has 8 bridgehead atoms. The Morgan fingerprint density at radius 3 is 1.91 bits per heavy atom. The fourth-order valence-corrected chi connectivity index (χ4v) is 17.6. The fraction of sp³-hybridized carbons (Fsp3) is 0.608. The Bertz CT molecular complexity index is 2270. The number of halogens is 8. The van der Waals surface area contributed by atoms with Crippen LogP contribution >= 0.6 is 92.8 Å². The topological polar surface area (TPSA) is 69.7 Å². The maximum absolute atomic E-state index is 9.06. The van der Waals surface area contributed by atoms with Crippen molar-refractivity contribution in [2.45, 2.75) is 96.3 Å². The molecule has 0 aromatic heterocycles. The highest BCUT2D eigenvalue weighted by molar-refractivity contribution is 6.57. The molecule has 5 nitrogen and oxygen atoms in total. The lowest BCUT2D eigenvalue weighted by Crippen LogP contribution is -2.30. The summed E-state index contributed by atoms with van der Waals surface area (Å²) in [6.07, 6.45) is 28.6. The highest BCUT2D eigenvalue weighted by atomic mass is 35.5. The summed E-state index contributed by atoms with van der Waals surface area (Å²) in [5.41, 5.74) is 14.6. The van der Waals surface area contributed by atoms with E-state index < -0.39 is 0 Å². The van der Waals surface area contributed by atoms with E-state index in [2.05, 4.69) is 50.5 Å². The van der Waals surface area contributed by atoms with Gasteiger partial charge in [-0.3, -0.25) is 15.0 Å². The largest absolute Gasteiger partial charge is 0.411 e. The van der Waals surface area contributed by atoms with Crippen molar-refractivity contribution in [1.82, 2.24) is 0 Å². The lowest BCUT2D eigenvalue weighted by atomic mass is 9.72. The van der Waals surface area contributed by atoms with Crippen molar-refractivity contribution in [1.29, 1.82) is 0 Å². The van der Waals surface area contributed by atoms with Crippen LogP contribution < -0.4 is 0 Å². The molecular formula is C51H58Cl8N4O. The van der Waals surface area contributed by atoms with Crippen LogP contribution in [-0.2, 0) is 0 Å². The zero-order valence-electron chi connectivity index (χ0n) is 36.8. The van der Waals surface area contributed by atoms with Gasteiger partial charge in [-0.25, -0.2) is 0 Å². The first-order valence-electron chi connectivity index (χ1n) is 23.5. The Morgan fingerprint density at radius 1 is 0.594 bits per heavy atom. The summed E-state index contributed by atoms with van der Waals surface area (Å²) < 4.78 is 1.99. The van der Waals surface area contributed by atoms with Crippen LogP contribution in [-0.4, -0.2) is 49.2 Å². The zero-order chi connectivity index (χ0) is 45.1. The van der Waals surface area contributed by atoms with Gasteiger partial charge in [0, 0.05) is 80.2 Å². The monoisotopic (exact) mass is 1020 g/mol. The standard InChI is InChI=1S/3C13H15Cl2N.C12H13Cl2NO/c3*1-16-10-4-2-3-7-8-5-6-9(11(7)10)12(8)13(14)15;13-12(14)11-7-4-5-8(11)10-6(7)2-1-3-9(10)15-16/h8-9H,2-6H2,1H3;3,8-9,11H,2,4-6H2,1H3;2,4,7-9,11H,3,5-6H2,1H3;1-2,6-8,10,16H,3-5H2/b;;;15-9+. The molecule has 64 heavy (non-hydrogen) atoms. The van der Waals surface area contributed by atoms with Crippen LogP contribution in [0.5, 0.6) is 0 Å². The smallest absolute Gasteiger partial charge is 0.107 e. The highest BCUT2D eigenvalue weighted by Crippen LogP contribution is 2.63. The van der Waals surface area contributed by atoms with E-state index in [1.807, 2.05) is 21.1 Å². The van der Waals surface area contributed by atoms with Crippen LogP contribution in [0.4, 0.5) is 0 Å². The number of hydrogen-bond donors (Lipinski definition) is 1. The normalized spacial score (nSPS) is 39.9. The summed E-state index contributed by atoms with van der Waals surface area (Å²) in [7, 11) is 5.71. The van der Waals surface area contributed by atoms with Crippen molar-refractivity contribution in [2.75, 3.05) is 21.1 Å². The second-order valence-corrected chi connectivity index (χ2v) is 23.4. The van der Waals surface area contributed by atoms with E-state index in [9.17, 15) is 0 Å². The van der Waals surface area contributed by atoms with Gasteiger partial charge in [-0.05, 0) is 165 Å². The van der Waals surface area contributed by atoms with Gasteiger partial charge in [0.15, 0.2) is 0 Å². The van der Waals surface area contributed by atoms with E-state index in [1.165, 1.54) is 96.4 Å². The quantitative estimate of drug-likeness (QED) is 0.147. The minimum atomic E-state index is 0.330. The second-order valence-electron chi connectivity index (χ2n) is 19.6. The summed E-state index contributed by atoms with van der Waals surface area (Å²) in [4.78, 5) is 13.3. The molecule has 0 radical (unpaired) electrons. The molecule has 13 heteroatoms. The van der Waals surface area contributed by atoms with Gasteiger partial charge in [0.2, 0.25) is 0 Å². The number of rotatable bonds is 0. The number of aliphatic imine (C=N–C) groups is 3. The number of nitrogens with zero attached hydrogens (tertiary/aromatic N) is 4. The number of hydrogen-bond acceptors (Lipinski definition) is 5. The maximum Gasteiger partial charge on any atom is 0.107 e. The van der Waals surface area contributed by atoms with Gasteiger partial charge in [0.25, 0.3) is 0 Å². The van der Waals surface area contributed by atoms with Crippen molar-refractivity contribution in [3.05, 3.63) is 87.4 Å². The van der Waals surface area contributed by atoms with Crippen molar-refractivity contribution >= 4 is 116 Å². The van der Waals surface area contributed by atoms with Gasteiger partial charge in [0.05, 0.1) is 5.71 Å². The van der Waals surface area contributed by atoms with Crippen LogP contribution in [0.15, 0.2) is 107 Å². The third kappa shape index (κ3) is 8.18. The Balaban J connectivity index is 0.000000108. The minimum absolute atomic E-state index is 0.330. The van der Waals surface area contributed by atoms with Crippen LogP contribution in [0.3, 0.4) is 0 Å². The van der Waals surface area contributed by atoms with Gasteiger partial charge in [-0.2, -0.15) is 0 Å². The molecule has 12 aliphatic carbocycles. The maximum atomic E-state index is 9.06. The summed E-state index contributed by atoms with van der Waals surface area (Å²) >= 11 is 48.3. The lowest BCUT2D eigenvalue weighted by molar-refractivity contribution is 0.281. The Kier molecular flexibility index (Phi) is 14.9. The second kappa shape index (κ2) is 20.0. The molecule has 12 aliphatic rings. The van der Waals surface area contributed by atoms with E-state index in [0.717, 1.165) is 50.7 Å². The van der Waals surface area contributed by atoms with Gasteiger partial charge >= 0.3 is 0 Å². The molecule has 0 amide bonds. The molecule has 0 heterocycles. The third-order valence-electron chi connectivity index (χ3n) is 17.4. The van der Waals surface area contributed by atoms with Crippen LogP contribution in [0.2, 0.25) is 0 Å². The summed E-state index contributed by atoms with van der Waals surface area (Å²) in [6.45, 7) is 0. The Labute approximate surface area is 419 Å². The van der Waals surface area contributed by atoms with Gasteiger partial charge in [-0.15, -0.1) is 0 Å². The van der Waals surface area contributed by atoms with Crippen LogP contribution in [0, 0.1) is 76.9 Å². The average molecular weight is 1030 g/mol. The fourth-order valence-electron chi connectivity index (χ4n) is 15.4. The molecule has 13 unspecified atom stereocenters. The molecule has 0 saturated heterocycles. The Hall–Kier alpha value is -1.28. The first-order valence-corrected chi connectivity index (χ1v) is 26.5. The average Bonchev–Trinajstić information content (AvgIpc) is 4.19. The molecule has 0 spiro atoms. The van der Waals surface area contributed by atoms with E-state index in [4.69, 9.17) is 98.0 Å². The summed E-state index contributed by atoms with van der Waals surface area (Å²) in [5.74, 6) is 6.72. The van der Waals surface area contributed by atoms with Crippen LogP contribution in [0.1, 0.15) is 96.3 Å². The van der Waals surface area contributed by atoms with E-state index >= 15 is 0 Å². The molecule has 7 saturated carbocycles. The summed E-state index contributed by atoms with van der Waals surface area (Å²) in [6, 6.07) is 0. The predicted octanol–water partition coefficient (Wildman–Crippen LogP) is 16.1. The van der Waals surface area contributed by atoms with E-state index in [0.29, 0.717) is 94.9 Å². The highest BCUT2D eigenvalue weighted by Gasteiger charge is 2.55. The first kappa shape index (κ1) is 47.8. The SMILES string of the molecule is CN=C1C=CCC2C3CCC(C3=C(Cl)Cl)C12.CN=C1CCC=C2C3CCC(C3=C(Cl)Cl)C21.CN=C1CCCC2=C1C1CCC2C1=C(Cl)Cl.O/N=C1\CC=CC2C3CCC(C3=C(Cl)Cl)C12. The number of allylic oxidation sites excluding steroid dienone is 12. The molecule has 344 valence electrons. The van der Waals surface area contributed by atoms with Gasteiger partial charge < -0.3 is 5.21 Å². The third-order valence-corrected chi connectivity index (χ3v) is 19.2. The summed E-state index contributed by atoms with van der Waals surface area (Å²) in [5, 5.41) is 12.5. The predicted molar refractivity (Wildman–Crippen MR) is 272 cm³/mol. The number of oxime groups is 1. The van der Waals surface area contributed by atoms with Gasteiger partial charge in [-0.1, -0.05) is 133 Å². The van der Waals surface area contributed by atoms with Crippen molar-refractivity contribution in [3.8, 4) is 0 Å². The minimum Gasteiger partial charge on any atom is -0.411 e. The molecule has 12 rings (SSSR count). The van der Waals surface area contributed by atoms with Crippen molar-refractivity contribution in [3.63, 3.8) is 0 Å². The van der Waals surface area contributed by atoms with E-state index in [-0.39, 0.29) is 0 Å². The molecule has 1 N–H and O–H groups in total. The number of fused-ring (bicyclic) bond motifs is 19. The van der Waals surface area contributed by atoms with Crippen molar-refractivity contribution in [2.24, 2.45) is 97.1 Å². The molecule has 7 fully saturated rings. The van der Waals surface area contributed by atoms with Gasteiger partial charge in [0.1, 0.15) is 18.0 Å². The Morgan fingerprint density at radius 2 is 1.23 bits per heavy atom. The molecular weight excluding hydrogens is 968 g/mol. The zero-order valence-corrected chi connectivity index (χ0v) is 42.8. The van der Waals surface area contributed by atoms with Crippen molar-refractivity contribution < 1.29 is 5.21 Å².